The van der Waals surface area contributed by atoms with E-state index in [1.54, 1.807) is 0 Å². The lowest BCUT2D eigenvalue weighted by Crippen LogP contribution is -2.54. The maximum absolute atomic E-state index is 12.6. The summed E-state index contributed by atoms with van der Waals surface area (Å²) in [6, 6.07) is -3.15. The minimum atomic E-state index is -1.21. The van der Waals surface area contributed by atoms with Crippen molar-refractivity contribution in [1.29, 1.82) is 0 Å². The number of primary amides is 1. The third kappa shape index (κ3) is 12.2. The zero-order valence-corrected chi connectivity index (χ0v) is 16.9. The first-order valence-corrected chi connectivity index (χ1v) is 9.36. The third-order valence-corrected chi connectivity index (χ3v) is 3.94. The van der Waals surface area contributed by atoms with Crippen molar-refractivity contribution in [1.82, 2.24) is 10.6 Å². The molecule has 166 valence electrons. The Labute approximate surface area is 169 Å². The lowest BCUT2D eigenvalue weighted by molar-refractivity contribution is -0.142. The standard InChI is InChI=1S/C17H33N7O5/c1-9(2)8-12(24-14(26)10(18)5-6-13(19)25)15(27)23-11(16(28)29)4-3-7-22-17(20)21/h9-12H,3-8,18H2,1-2H3,(H2,19,25)(H,23,27)(H,24,26)(H,28,29)(H4,20,21,22). The maximum Gasteiger partial charge on any atom is 0.326 e. The number of nitrogens with one attached hydrogen (secondary N) is 2. The molecule has 3 amide bonds. The molecule has 3 unspecified atom stereocenters. The number of carbonyl (C=O) groups is 4. The smallest absolute Gasteiger partial charge is 0.326 e. The second-order valence-corrected chi connectivity index (χ2v) is 7.15. The molecule has 0 heterocycles. The van der Waals surface area contributed by atoms with E-state index in [0.29, 0.717) is 6.42 Å². The van der Waals surface area contributed by atoms with Crippen LogP contribution in [0.3, 0.4) is 0 Å². The number of hydrogen-bond acceptors (Lipinski definition) is 6. The number of aliphatic carboxylic acids is 1. The number of carboxylic acid groups (broad SMARTS) is 1. The molecule has 11 N–H and O–H groups in total. The zero-order chi connectivity index (χ0) is 22.6. The summed E-state index contributed by atoms with van der Waals surface area (Å²) in [6.45, 7) is 3.93. The second kappa shape index (κ2) is 13.3. The maximum atomic E-state index is 12.6. The molecule has 29 heavy (non-hydrogen) atoms. The molecule has 0 aliphatic heterocycles. The number of aliphatic imine (C=N–C) groups is 1. The Hall–Kier alpha value is -2.89. The van der Waals surface area contributed by atoms with E-state index in [0.717, 1.165) is 0 Å². The van der Waals surface area contributed by atoms with Crippen LogP contribution in [0.4, 0.5) is 0 Å². The summed E-state index contributed by atoms with van der Waals surface area (Å²) in [6.07, 6.45) is 0.708. The van der Waals surface area contributed by atoms with E-state index in [-0.39, 0.29) is 44.1 Å². The number of hydrogen-bond donors (Lipinski definition) is 7. The molecule has 3 atom stereocenters. The van der Waals surface area contributed by atoms with Gasteiger partial charge in [-0.1, -0.05) is 13.8 Å². The average Bonchev–Trinajstić information content (AvgIpc) is 2.60. The van der Waals surface area contributed by atoms with Crippen LogP contribution in [0.2, 0.25) is 0 Å². The highest BCUT2D eigenvalue weighted by Gasteiger charge is 2.28. The molecule has 0 rings (SSSR count). The minimum Gasteiger partial charge on any atom is -0.480 e. The topological polar surface area (TPSA) is 229 Å². The highest BCUT2D eigenvalue weighted by Crippen LogP contribution is 2.08. The van der Waals surface area contributed by atoms with E-state index in [4.69, 9.17) is 22.9 Å². The first kappa shape index (κ1) is 26.1. The number of amides is 3. The third-order valence-electron chi connectivity index (χ3n) is 3.94. The van der Waals surface area contributed by atoms with Gasteiger partial charge in [0.05, 0.1) is 6.04 Å². The van der Waals surface area contributed by atoms with Crippen LogP contribution < -0.4 is 33.6 Å². The number of rotatable bonds is 14. The van der Waals surface area contributed by atoms with Crippen molar-refractivity contribution in [2.24, 2.45) is 33.8 Å². The van der Waals surface area contributed by atoms with Gasteiger partial charge in [0.1, 0.15) is 12.1 Å². The Bertz CT molecular complexity index is 605. The summed E-state index contributed by atoms with van der Waals surface area (Å²) in [4.78, 5) is 50.8. The molecule has 0 bridgehead atoms. The van der Waals surface area contributed by atoms with Crippen molar-refractivity contribution < 1.29 is 24.3 Å². The van der Waals surface area contributed by atoms with Gasteiger partial charge in [0, 0.05) is 13.0 Å². The Morgan fingerprint density at radius 3 is 2.03 bits per heavy atom. The van der Waals surface area contributed by atoms with Gasteiger partial charge in [0.2, 0.25) is 17.7 Å². The normalized spacial score (nSPS) is 13.8. The number of carboxylic acids is 1. The summed E-state index contributed by atoms with van der Waals surface area (Å²) in [7, 11) is 0. The fraction of sp³-hybridized carbons (Fsp3) is 0.706. The van der Waals surface area contributed by atoms with Crippen molar-refractivity contribution in [3.8, 4) is 0 Å². The Kier molecular flexibility index (Phi) is 12.0. The molecular weight excluding hydrogens is 382 g/mol. The minimum absolute atomic E-state index is 0.0399. The predicted octanol–water partition coefficient (Wildman–Crippen LogP) is -2.27. The summed E-state index contributed by atoms with van der Waals surface area (Å²) < 4.78 is 0. The lowest BCUT2D eigenvalue weighted by Gasteiger charge is -2.24. The largest absolute Gasteiger partial charge is 0.480 e. The molecule has 0 aliphatic rings. The number of nitrogens with zero attached hydrogens (tertiary/aromatic N) is 1. The molecule has 0 aromatic rings. The number of carbonyl (C=O) groups excluding carboxylic acids is 3. The molecule has 0 fully saturated rings. The second-order valence-electron chi connectivity index (χ2n) is 7.15. The van der Waals surface area contributed by atoms with Crippen LogP contribution in [-0.4, -0.2) is 59.4 Å². The van der Waals surface area contributed by atoms with Crippen LogP contribution in [0, 0.1) is 5.92 Å². The lowest BCUT2D eigenvalue weighted by atomic mass is 10.0. The van der Waals surface area contributed by atoms with Crippen LogP contribution in [0.5, 0.6) is 0 Å². The molecule has 0 spiro atoms. The van der Waals surface area contributed by atoms with Gasteiger partial charge in [-0.3, -0.25) is 19.4 Å². The van der Waals surface area contributed by atoms with Crippen molar-refractivity contribution in [2.45, 2.75) is 64.1 Å². The molecule has 0 saturated heterocycles. The molecule has 0 aromatic carbocycles. The summed E-state index contributed by atoms with van der Waals surface area (Å²) in [5, 5.41) is 14.3. The zero-order valence-electron chi connectivity index (χ0n) is 16.9. The van der Waals surface area contributed by atoms with E-state index < -0.39 is 41.8 Å². The quantitative estimate of drug-likeness (QED) is 0.0926. The number of guanidine groups is 1. The summed E-state index contributed by atoms with van der Waals surface area (Å²) in [5.74, 6) is -3.12. The van der Waals surface area contributed by atoms with Gasteiger partial charge in [-0.2, -0.15) is 0 Å². The molecule has 0 aliphatic carbocycles. The number of nitrogens with two attached hydrogens (primary N) is 4. The molecule has 0 aromatic heterocycles. The van der Waals surface area contributed by atoms with Gasteiger partial charge in [-0.15, -0.1) is 0 Å². The van der Waals surface area contributed by atoms with Crippen LogP contribution in [0.15, 0.2) is 4.99 Å². The van der Waals surface area contributed by atoms with Gasteiger partial charge >= 0.3 is 5.97 Å². The van der Waals surface area contributed by atoms with E-state index in [1.807, 2.05) is 13.8 Å². The fourth-order valence-corrected chi connectivity index (χ4v) is 2.44. The SMILES string of the molecule is CC(C)CC(NC(=O)C(N)CCC(N)=O)C(=O)NC(CCCN=C(N)N)C(=O)O. The molecule has 0 radical (unpaired) electrons. The van der Waals surface area contributed by atoms with Gasteiger partial charge in [-0.25, -0.2) is 4.79 Å². The van der Waals surface area contributed by atoms with Crippen LogP contribution in [-0.2, 0) is 19.2 Å². The van der Waals surface area contributed by atoms with Crippen LogP contribution in [0.25, 0.3) is 0 Å². The van der Waals surface area contributed by atoms with Gasteiger partial charge in [0.15, 0.2) is 5.96 Å². The highest BCUT2D eigenvalue weighted by atomic mass is 16.4. The van der Waals surface area contributed by atoms with E-state index in [2.05, 4.69) is 15.6 Å². The van der Waals surface area contributed by atoms with Crippen molar-refractivity contribution in [3.05, 3.63) is 0 Å². The first-order valence-electron chi connectivity index (χ1n) is 9.36. The van der Waals surface area contributed by atoms with E-state index in [9.17, 15) is 24.3 Å². The van der Waals surface area contributed by atoms with Gasteiger partial charge in [-0.05, 0) is 31.6 Å². The average molecular weight is 415 g/mol. The van der Waals surface area contributed by atoms with Crippen molar-refractivity contribution in [2.75, 3.05) is 6.54 Å². The van der Waals surface area contributed by atoms with Crippen LogP contribution >= 0.6 is 0 Å². The monoisotopic (exact) mass is 415 g/mol. The molecule has 12 nitrogen and oxygen atoms in total. The first-order chi connectivity index (χ1) is 13.4. The Balaban J connectivity index is 4.97. The predicted molar refractivity (Wildman–Crippen MR) is 107 cm³/mol. The van der Waals surface area contributed by atoms with E-state index >= 15 is 0 Å². The Morgan fingerprint density at radius 2 is 1.55 bits per heavy atom. The van der Waals surface area contributed by atoms with Gasteiger partial charge in [0.25, 0.3) is 0 Å². The fourth-order valence-electron chi connectivity index (χ4n) is 2.44. The molecule has 0 saturated carbocycles. The van der Waals surface area contributed by atoms with E-state index in [1.165, 1.54) is 0 Å². The highest BCUT2D eigenvalue weighted by molar-refractivity contribution is 5.92. The van der Waals surface area contributed by atoms with Crippen molar-refractivity contribution >= 4 is 29.7 Å². The van der Waals surface area contributed by atoms with Crippen molar-refractivity contribution in [3.63, 3.8) is 0 Å². The summed E-state index contributed by atoms with van der Waals surface area (Å²) in [5.41, 5.74) is 21.2. The Morgan fingerprint density at radius 1 is 0.966 bits per heavy atom. The summed E-state index contributed by atoms with van der Waals surface area (Å²) >= 11 is 0. The van der Waals surface area contributed by atoms with Gasteiger partial charge < -0.3 is 38.7 Å². The molecule has 12 heteroatoms. The molecular formula is C17H33N7O5. The van der Waals surface area contributed by atoms with Crippen LogP contribution in [0.1, 0.15) is 46.0 Å².